The van der Waals surface area contributed by atoms with Crippen LogP contribution in [0.1, 0.15) is 26.3 Å². The van der Waals surface area contributed by atoms with Crippen LogP contribution in [0.15, 0.2) is 42.5 Å². The minimum Gasteiger partial charge on any atom is -0.340 e. The second-order valence-corrected chi connectivity index (χ2v) is 6.68. The van der Waals surface area contributed by atoms with E-state index < -0.39 is 6.04 Å². The average molecular weight is 284 g/mol. The molecule has 21 heavy (non-hydrogen) atoms. The standard InChI is InChI=1S/C18H24N2O/c1-18(2,3)16(19)17(21)20(4)12-14-10-7-9-13-8-5-6-11-15(13)14/h5-11,16H,12,19H2,1-4H3/t16-/m1/s1. The molecule has 0 bridgehead atoms. The Hall–Kier alpha value is -1.87. The van der Waals surface area contributed by atoms with Crippen molar-refractivity contribution in [3.8, 4) is 0 Å². The molecule has 0 aliphatic carbocycles. The highest BCUT2D eigenvalue weighted by molar-refractivity contribution is 5.87. The summed E-state index contributed by atoms with van der Waals surface area (Å²) in [4.78, 5) is 14.2. The van der Waals surface area contributed by atoms with Crippen molar-refractivity contribution in [1.82, 2.24) is 4.90 Å². The number of carbonyl (C=O) groups is 1. The van der Waals surface area contributed by atoms with Gasteiger partial charge in [0.1, 0.15) is 0 Å². The van der Waals surface area contributed by atoms with Crippen molar-refractivity contribution >= 4 is 16.7 Å². The maximum Gasteiger partial charge on any atom is 0.240 e. The zero-order valence-electron chi connectivity index (χ0n) is 13.3. The smallest absolute Gasteiger partial charge is 0.240 e. The van der Waals surface area contributed by atoms with E-state index >= 15 is 0 Å². The predicted octanol–water partition coefficient (Wildman–Crippen LogP) is 3.17. The lowest BCUT2D eigenvalue weighted by atomic mass is 9.86. The summed E-state index contributed by atoms with van der Waals surface area (Å²) in [5.41, 5.74) is 6.98. The van der Waals surface area contributed by atoms with Crippen molar-refractivity contribution in [1.29, 1.82) is 0 Å². The highest BCUT2D eigenvalue weighted by atomic mass is 16.2. The van der Waals surface area contributed by atoms with Crippen molar-refractivity contribution in [3.63, 3.8) is 0 Å². The van der Waals surface area contributed by atoms with Gasteiger partial charge in [0.2, 0.25) is 5.91 Å². The van der Waals surface area contributed by atoms with E-state index in [0.717, 1.165) is 5.56 Å². The number of hydrogen-bond donors (Lipinski definition) is 1. The van der Waals surface area contributed by atoms with E-state index in [-0.39, 0.29) is 11.3 Å². The van der Waals surface area contributed by atoms with Gasteiger partial charge in [0.25, 0.3) is 0 Å². The van der Waals surface area contributed by atoms with E-state index in [9.17, 15) is 4.79 Å². The fourth-order valence-electron chi connectivity index (χ4n) is 2.37. The van der Waals surface area contributed by atoms with E-state index in [4.69, 9.17) is 5.73 Å². The number of nitrogens with zero attached hydrogens (tertiary/aromatic N) is 1. The first-order valence-corrected chi connectivity index (χ1v) is 7.28. The second-order valence-electron chi connectivity index (χ2n) is 6.68. The number of nitrogens with two attached hydrogens (primary N) is 1. The van der Waals surface area contributed by atoms with Gasteiger partial charge in [0.15, 0.2) is 0 Å². The van der Waals surface area contributed by atoms with Crippen LogP contribution in [-0.2, 0) is 11.3 Å². The molecule has 0 saturated heterocycles. The molecule has 1 atom stereocenters. The molecule has 0 spiro atoms. The van der Waals surface area contributed by atoms with Gasteiger partial charge in [-0.15, -0.1) is 0 Å². The zero-order valence-corrected chi connectivity index (χ0v) is 13.3. The summed E-state index contributed by atoms with van der Waals surface area (Å²) in [5, 5.41) is 2.37. The summed E-state index contributed by atoms with van der Waals surface area (Å²) in [6.45, 7) is 6.54. The van der Waals surface area contributed by atoms with Gasteiger partial charge in [-0.2, -0.15) is 0 Å². The van der Waals surface area contributed by atoms with E-state index in [1.807, 2.05) is 46.0 Å². The molecule has 0 saturated carbocycles. The maximum absolute atomic E-state index is 12.4. The minimum atomic E-state index is -0.488. The molecule has 0 radical (unpaired) electrons. The van der Waals surface area contributed by atoms with E-state index in [1.165, 1.54) is 10.8 Å². The van der Waals surface area contributed by atoms with Gasteiger partial charge in [0, 0.05) is 13.6 Å². The first kappa shape index (κ1) is 15.5. The Morgan fingerprint density at radius 3 is 2.43 bits per heavy atom. The van der Waals surface area contributed by atoms with Crippen molar-refractivity contribution in [2.45, 2.75) is 33.4 Å². The third kappa shape index (κ3) is 3.42. The Morgan fingerprint density at radius 2 is 1.76 bits per heavy atom. The second kappa shape index (κ2) is 5.86. The molecule has 2 aromatic carbocycles. The molecular formula is C18H24N2O. The van der Waals surface area contributed by atoms with Crippen molar-refractivity contribution in [2.24, 2.45) is 11.1 Å². The fraction of sp³-hybridized carbons (Fsp3) is 0.389. The average Bonchev–Trinajstić information content (AvgIpc) is 2.45. The molecule has 3 nitrogen and oxygen atoms in total. The first-order valence-electron chi connectivity index (χ1n) is 7.28. The van der Waals surface area contributed by atoms with Crippen LogP contribution in [0, 0.1) is 5.41 Å². The normalized spacial score (nSPS) is 13.2. The number of fused-ring (bicyclic) bond motifs is 1. The predicted molar refractivity (Wildman–Crippen MR) is 87.9 cm³/mol. The maximum atomic E-state index is 12.4. The van der Waals surface area contributed by atoms with Crippen molar-refractivity contribution in [2.75, 3.05) is 7.05 Å². The third-order valence-corrected chi connectivity index (χ3v) is 3.86. The van der Waals surface area contributed by atoms with Crippen LogP contribution >= 0.6 is 0 Å². The van der Waals surface area contributed by atoms with Gasteiger partial charge in [-0.05, 0) is 21.8 Å². The molecular weight excluding hydrogens is 260 g/mol. The monoisotopic (exact) mass is 284 g/mol. The van der Waals surface area contributed by atoms with E-state index in [2.05, 4.69) is 24.3 Å². The lowest BCUT2D eigenvalue weighted by molar-refractivity contribution is -0.134. The van der Waals surface area contributed by atoms with Gasteiger partial charge in [-0.3, -0.25) is 4.79 Å². The van der Waals surface area contributed by atoms with Gasteiger partial charge >= 0.3 is 0 Å². The number of amides is 1. The number of hydrogen-bond acceptors (Lipinski definition) is 2. The van der Waals surface area contributed by atoms with Gasteiger partial charge < -0.3 is 10.6 Å². The molecule has 0 aromatic heterocycles. The summed E-state index contributed by atoms with van der Waals surface area (Å²) in [7, 11) is 1.82. The Kier molecular flexibility index (Phi) is 4.33. The fourth-order valence-corrected chi connectivity index (χ4v) is 2.37. The molecule has 0 heterocycles. The van der Waals surface area contributed by atoms with Crippen LogP contribution in [0.4, 0.5) is 0 Å². The van der Waals surface area contributed by atoms with E-state index in [0.29, 0.717) is 6.54 Å². The Balaban J connectivity index is 2.22. The van der Waals surface area contributed by atoms with Crippen LogP contribution in [0.5, 0.6) is 0 Å². The number of likely N-dealkylation sites (N-methyl/N-ethyl adjacent to an activating group) is 1. The number of rotatable bonds is 3. The van der Waals surface area contributed by atoms with Gasteiger partial charge in [-0.1, -0.05) is 63.2 Å². The molecule has 0 fully saturated rings. The minimum absolute atomic E-state index is 0.0181. The summed E-state index contributed by atoms with van der Waals surface area (Å²) in [6.07, 6.45) is 0. The summed E-state index contributed by atoms with van der Waals surface area (Å²) in [5.74, 6) is -0.0181. The van der Waals surface area contributed by atoms with Crippen LogP contribution in [0.3, 0.4) is 0 Å². The molecule has 112 valence electrons. The van der Waals surface area contributed by atoms with Crippen molar-refractivity contribution < 1.29 is 4.79 Å². The SMILES string of the molecule is CN(Cc1cccc2ccccc12)C(=O)[C@@H](N)C(C)(C)C. The topological polar surface area (TPSA) is 46.3 Å². The molecule has 0 aliphatic rings. The molecule has 0 aliphatic heterocycles. The number of carbonyl (C=O) groups excluding carboxylic acids is 1. The van der Waals surface area contributed by atoms with Gasteiger partial charge in [-0.25, -0.2) is 0 Å². The molecule has 0 unspecified atom stereocenters. The summed E-state index contributed by atoms with van der Waals surface area (Å²) >= 11 is 0. The highest BCUT2D eigenvalue weighted by Crippen LogP contribution is 2.22. The Bertz CT molecular complexity index is 638. The Morgan fingerprint density at radius 1 is 1.14 bits per heavy atom. The lowest BCUT2D eigenvalue weighted by Gasteiger charge is -2.30. The molecule has 2 N–H and O–H groups in total. The van der Waals surface area contributed by atoms with E-state index in [1.54, 1.807) is 4.90 Å². The molecule has 3 heteroatoms. The summed E-state index contributed by atoms with van der Waals surface area (Å²) < 4.78 is 0. The van der Waals surface area contributed by atoms with Crippen LogP contribution in [0.2, 0.25) is 0 Å². The van der Waals surface area contributed by atoms with Crippen molar-refractivity contribution in [3.05, 3.63) is 48.0 Å². The Labute approximate surface area is 126 Å². The third-order valence-electron chi connectivity index (χ3n) is 3.86. The quantitative estimate of drug-likeness (QED) is 0.941. The molecule has 1 amide bonds. The molecule has 2 rings (SSSR count). The molecule has 2 aromatic rings. The highest BCUT2D eigenvalue weighted by Gasteiger charge is 2.29. The lowest BCUT2D eigenvalue weighted by Crippen LogP contribution is -2.48. The summed E-state index contributed by atoms with van der Waals surface area (Å²) in [6, 6.07) is 13.9. The van der Waals surface area contributed by atoms with Crippen LogP contribution in [-0.4, -0.2) is 23.9 Å². The van der Waals surface area contributed by atoms with Crippen LogP contribution in [0.25, 0.3) is 10.8 Å². The van der Waals surface area contributed by atoms with Gasteiger partial charge in [0.05, 0.1) is 6.04 Å². The first-order chi connectivity index (χ1) is 9.80. The zero-order chi connectivity index (χ0) is 15.6. The number of benzene rings is 2. The van der Waals surface area contributed by atoms with Crippen LogP contribution < -0.4 is 5.73 Å². The largest absolute Gasteiger partial charge is 0.340 e.